The normalized spacial score (nSPS) is 11.1. The van der Waals surface area contributed by atoms with Gasteiger partial charge in [-0.1, -0.05) is 11.6 Å². The third kappa shape index (κ3) is 2.32. The first-order valence-electron chi connectivity index (χ1n) is 4.37. The van der Waals surface area contributed by atoms with Crippen LogP contribution in [0.15, 0.2) is 24.4 Å². The number of aromatic nitrogens is 2. The van der Waals surface area contributed by atoms with Crippen LogP contribution in [0.1, 0.15) is 5.56 Å². The van der Waals surface area contributed by atoms with E-state index >= 15 is 0 Å². The summed E-state index contributed by atoms with van der Waals surface area (Å²) in [5.74, 6) is -0.989. The predicted molar refractivity (Wildman–Crippen MR) is 63.6 cm³/mol. The van der Waals surface area contributed by atoms with E-state index in [2.05, 4.69) is 10.2 Å². The van der Waals surface area contributed by atoms with Crippen molar-refractivity contribution in [3.63, 3.8) is 0 Å². The Balaban J connectivity index is 2.36. The van der Waals surface area contributed by atoms with Crippen molar-refractivity contribution in [1.29, 1.82) is 0 Å². The molecule has 0 aromatic carbocycles. The van der Waals surface area contributed by atoms with Gasteiger partial charge in [-0.05, 0) is 18.2 Å². The molecule has 82 valence electrons. The summed E-state index contributed by atoms with van der Waals surface area (Å²) < 4.78 is 0.672. The van der Waals surface area contributed by atoms with E-state index in [0.29, 0.717) is 10.0 Å². The molecule has 0 atom stereocenters. The van der Waals surface area contributed by atoms with Gasteiger partial charge in [0.2, 0.25) is 0 Å². The van der Waals surface area contributed by atoms with E-state index < -0.39 is 5.97 Å². The van der Waals surface area contributed by atoms with Crippen LogP contribution in [0.5, 0.6) is 0 Å². The lowest BCUT2D eigenvalue weighted by Gasteiger charge is -1.92. The maximum Gasteiger partial charge on any atom is 0.328 e. The average Bonchev–Trinajstić information content (AvgIpc) is 2.82. The van der Waals surface area contributed by atoms with Gasteiger partial charge in [0.05, 0.1) is 9.21 Å². The molecule has 2 aromatic heterocycles. The van der Waals surface area contributed by atoms with Gasteiger partial charge in [-0.25, -0.2) is 4.79 Å². The summed E-state index contributed by atoms with van der Waals surface area (Å²) in [6, 6.07) is 3.63. The van der Waals surface area contributed by atoms with E-state index in [1.54, 1.807) is 12.3 Å². The van der Waals surface area contributed by atoms with Gasteiger partial charge in [0.1, 0.15) is 5.69 Å². The van der Waals surface area contributed by atoms with Crippen molar-refractivity contribution in [2.75, 3.05) is 0 Å². The Morgan fingerprint density at radius 3 is 3.00 bits per heavy atom. The minimum atomic E-state index is -0.989. The molecule has 0 spiro atoms. The number of aromatic amines is 1. The Morgan fingerprint density at radius 1 is 1.56 bits per heavy atom. The molecule has 16 heavy (non-hydrogen) atoms. The summed E-state index contributed by atoms with van der Waals surface area (Å²) in [5.41, 5.74) is 1.43. The lowest BCUT2D eigenvalue weighted by molar-refractivity contribution is -0.131. The molecule has 0 saturated heterocycles. The highest BCUT2D eigenvalue weighted by Gasteiger charge is 2.08. The summed E-state index contributed by atoms with van der Waals surface area (Å²) in [6.07, 6.45) is 4.21. The van der Waals surface area contributed by atoms with Crippen LogP contribution in [-0.4, -0.2) is 21.3 Å². The first-order valence-corrected chi connectivity index (χ1v) is 5.57. The Kier molecular flexibility index (Phi) is 3.07. The molecule has 0 aliphatic carbocycles. The van der Waals surface area contributed by atoms with Gasteiger partial charge >= 0.3 is 5.97 Å². The highest BCUT2D eigenvalue weighted by molar-refractivity contribution is 7.19. The van der Waals surface area contributed by atoms with Crippen molar-refractivity contribution in [1.82, 2.24) is 10.2 Å². The summed E-state index contributed by atoms with van der Waals surface area (Å²) in [7, 11) is 0. The number of aliphatic carboxylic acids is 1. The average molecular weight is 255 g/mol. The lowest BCUT2D eigenvalue weighted by atomic mass is 10.2. The largest absolute Gasteiger partial charge is 0.478 e. The van der Waals surface area contributed by atoms with Crippen molar-refractivity contribution in [3.8, 4) is 10.6 Å². The number of H-pyrrole nitrogens is 1. The van der Waals surface area contributed by atoms with Crippen LogP contribution in [-0.2, 0) is 4.79 Å². The van der Waals surface area contributed by atoms with Gasteiger partial charge in [-0.15, -0.1) is 11.3 Å². The monoisotopic (exact) mass is 254 g/mol. The lowest BCUT2D eigenvalue weighted by Crippen LogP contribution is -1.85. The van der Waals surface area contributed by atoms with Crippen LogP contribution in [0, 0.1) is 0 Å². The SMILES string of the molecule is O=C(O)C=Cc1c[nH]nc1-c1ccc(Cl)s1. The third-order valence-corrected chi connectivity index (χ3v) is 3.12. The van der Waals surface area contributed by atoms with Gasteiger partial charge in [0.15, 0.2) is 0 Å². The van der Waals surface area contributed by atoms with E-state index in [9.17, 15) is 4.79 Å². The second-order valence-corrected chi connectivity index (χ2v) is 4.68. The van der Waals surface area contributed by atoms with Crippen LogP contribution in [0.4, 0.5) is 0 Å². The number of rotatable bonds is 3. The molecule has 2 rings (SSSR count). The molecular formula is C10H7ClN2O2S. The second-order valence-electron chi connectivity index (χ2n) is 2.96. The fraction of sp³-hybridized carbons (Fsp3) is 0. The number of hydrogen-bond donors (Lipinski definition) is 2. The van der Waals surface area contributed by atoms with Gasteiger partial charge in [-0.3, -0.25) is 5.10 Å². The molecule has 0 unspecified atom stereocenters. The maximum atomic E-state index is 10.4. The zero-order valence-corrected chi connectivity index (χ0v) is 9.55. The highest BCUT2D eigenvalue weighted by Crippen LogP contribution is 2.31. The van der Waals surface area contributed by atoms with Crippen LogP contribution in [0.3, 0.4) is 0 Å². The molecule has 2 heterocycles. The predicted octanol–water partition coefficient (Wildman–Crippen LogP) is 2.89. The Labute approximate surface area is 100 Å². The molecule has 0 radical (unpaired) electrons. The quantitative estimate of drug-likeness (QED) is 0.828. The number of nitrogens with one attached hydrogen (secondary N) is 1. The van der Waals surface area contributed by atoms with Crippen molar-refractivity contribution >= 4 is 35.0 Å². The number of hydrogen-bond acceptors (Lipinski definition) is 3. The minimum absolute atomic E-state index is 0.672. The standard InChI is InChI=1S/C10H7ClN2O2S/c11-8-3-2-7(16-8)10-6(5-12-13-10)1-4-9(14)15/h1-5H,(H,12,13)(H,14,15). The summed E-state index contributed by atoms with van der Waals surface area (Å²) >= 11 is 7.22. The van der Waals surface area contributed by atoms with E-state index in [1.807, 2.05) is 6.07 Å². The van der Waals surface area contributed by atoms with Gasteiger partial charge in [0.25, 0.3) is 0 Å². The number of halogens is 1. The van der Waals surface area contributed by atoms with Crippen LogP contribution < -0.4 is 0 Å². The third-order valence-electron chi connectivity index (χ3n) is 1.88. The number of thiophene rings is 1. The molecule has 0 saturated carbocycles. The first kappa shape index (κ1) is 10.9. The van der Waals surface area contributed by atoms with Crippen molar-refractivity contribution in [2.45, 2.75) is 0 Å². The highest BCUT2D eigenvalue weighted by atomic mass is 35.5. The smallest absolute Gasteiger partial charge is 0.328 e. The zero-order valence-electron chi connectivity index (χ0n) is 7.98. The van der Waals surface area contributed by atoms with Gasteiger partial charge in [-0.2, -0.15) is 5.10 Å². The van der Waals surface area contributed by atoms with E-state index in [4.69, 9.17) is 16.7 Å². The maximum absolute atomic E-state index is 10.4. The van der Waals surface area contributed by atoms with Crippen LogP contribution in [0.25, 0.3) is 16.6 Å². The summed E-state index contributed by atoms with van der Waals surface area (Å²) in [6.45, 7) is 0. The molecule has 0 fully saturated rings. The Bertz CT molecular complexity index is 545. The molecule has 2 aromatic rings. The van der Waals surface area contributed by atoms with Crippen molar-refractivity contribution < 1.29 is 9.90 Å². The van der Waals surface area contributed by atoms with Crippen LogP contribution >= 0.6 is 22.9 Å². The van der Waals surface area contributed by atoms with Crippen LogP contribution in [0.2, 0.25) is 4.34 Å². The molecule has 0 aliphatic heterocycles. The molecule has 0 aliphatic rings. The Morgan fingerprint density at radius 2 is 2.38 bits per heavy atom. The fourth-order valence-corrected chi connectivity index (χ4v) is 2.28. The molecule has 4 nitrogen and oxygen atoms in total. The van der Waals surface area contributed by atoms with Crippen molar-refractivity contribution in [3.05, 3.63) is 34.3 Å². The van der Waals surface area contributed by atoms with E-state index in [1.165, 1.54) is 17.4 Å². The molecule has 6 heteroatoms. The summed E-state index contributed by atoms with van der Waals surface area (Å²) in [4.78, 5) is 11.3. The minimum Gasteiger partial charge on any atom is -0.478 e. The fourth-order valence-electron chi connectivity index (χ4n) is 1.23. The van der Waals surface area contributed by atoms with Gasteiger partial charge < -0.3 is 5.11 Å². The molecule has 2 N–H and O–H groups in total. The zero-order chi connectivity index (χ0) is 11.5. The number of carbonyl (C=O) groups is 1. The van der Waals surface area contributed by atoms with E-state index in [0.717, 1.165) is 16.5 Å². The number of carboxylic acids is 1. The summed E-state index contributed by atoms with van der Waals surface area (Å²) in [5, 5.41) is 15.3. The second kappa shape index (κ2) is 4.51. The number of nitrogens with zero attached hydrogens (tertiary/aromatic N) is 1. The van der Waals surface area contributed by atoms with Gasteiger partial charge in [0, 0.05) is 17.8 Å². The van der Waals surface area contributed by atoms with Crippen molar-refractivity contribution in [2.24, 2.45) is 0 Å². The molecular weight excluding hydrogens is 248 g/mol. The first-order chi connectivity index (χ1) is 7.66. The van der Waals surface area contributed by atoms with E-state index in [-0.39, 0.29) is 0 Å². The topological polar surface area (TPSA) is 66.0 Å². The number of carboxylic acid groups (broad SMARTS) is 1. The molecule has 0 amide bonds. The Hall–Kier alpha value is -1.59. The molecule has 0 bridgehead atoms.